The van der Waals surface area contributed by atoms with Crippen molar-refractivity contribution in [1.82, 2.24) is 9.88 Å². The number of thiazole rings is 1. The van der Waals surface area contributed by atoms with Gasteiger partial charge >= 0.3 is 0 Å². The summed E-state index contributed by atoms with van der Waals surface area (Å²) in [4.78, 5) is 30.7. The fraction of sp³-hybridized carbons (Fsp3) is 0.389. The van der Waals surface area contributed by atoms with Crippen LogP contribution in [-0.2, 0) is 11.2 Å². The predicted molar refractivity (Wildman–Crippen MR) is 97.3 cm³/mol. The molecule has 0 radical (unpaired) electrons. The van der Waals surface area contributed by atoms with Crippen LogP contribution < -0.4 is 5.32 Å². The van der Waals surface area contributed by atoms with E-state index in [1.807, 2.05) is 32.6 Å². The molecule has 0 unspecified atom stereocenters. The maximum atomic E-state index is 12.9. The molecule has 134 valence electrons. The van der Waals surface area contributed by atoms with Crippen molar-refractivity contribution in [2.75, 3.05) is 5.32 Å². The number of amides is 2. The Labute approximate surface area is 150 Å². The van der Waals surface area contributed by atoms with Gasteiger partial charge in [0, 0.05) is 23.0 Å². The maximum absolute atomic E-state index is 12.9. The molecule has 1 aromatic heterocycles. The molecular weight excluding hydrogens is 341 g/mol. The van der Waals surface area contributed by atoms with Gasteiger partial charge in [0.2, 0.25) is 5.91 Å². The van der Waals surface area contributed by atoms with Gasteiger partial charge in [-0.05, 0) is 52.0 Å². The fourth-order valence-corrected chi connectivity index (χ4v) is 3.34. The Morgan fingerprint density at radius 3 is 2.32 bits per heavy atom. The van der Waals surface area contributed by atoms with E-state index in [-0.39, 0.29) is 30.3 Å². The Balaban J connectivity index is 2.01. The monoisotopic (exact) mass is 363 g/mol. The van der Waals surface area contributed by atoms with Gasteiger partial charge in [0.15, 0.2) is 5.13 Å². The number of hydrogen-bond acceptors (Lipinski definition) is 4. The number of hydrogen-bond donors (Lipinski definition) is 1. The molecular formula is C18H22FN3O2S. The second-order valence-electron chi connectivity index (χ2n) is 6.27. The predicted octanol–water partition coefficient (Wildman–Crippen LogP) is 3.72. The van der Waals surface area contributed by atoms with Crippen LogP contribution in [-0.4, -0.2) is 33.8 Å². The lowest BCUT2D eigenvalue weighted by molar-refractivity contribution is -0.134. The number of rotatable bonds is 6. The molecule has 25 heavy (non-hydrogen) atoms. The summed E-state index contributed by atoms with van der Waals surface area (Å²) in [5, 5.41) is 4.84. The standard InChI is InChI=1S/C18H22FN3O2S/c1-11(2)22(12(3)4)16(23)9-15-10-25-18(20-15)21-17(24)13-5-7-14(19)8-6-13/h5-8,10-12H,9H2,1-4H3,(H,20,21,24). The van der Waals surface area contributed by atoms with E-state index in [0.29, 0.717) is 16.4 Å². The van der Waals surface area contributed by atoms with Gasteiger partial charge in [0.05, 0.1) is 12.1 Å². The Morgan fingerprint density at radius 2 is 1.76 bits per heavy atom. The highest BCUT2D eigenvalue weighted by Crippen LogP contribution is 2.18. The number of nitrogens with zero attached hydrogens (tertiary/aromatic N) is 2. The molecule has 0 aliphatic heterocycles. The molecule has 7 heteroatoms. The first-order chi connectivity index (χ1) is 11.8. The van der Waals surface area contributed by atoms with Crippen LogP contribution in [0.5, 0.6) is 0 Å². The van der Waals surface area contributed by atoms with E-state index in [2.05, 4.69) is 10.3 Å². The molecule has 0 aliphatic carbocycles. The van der Waals surface area contributed by atoms with Crippen LogP contribution in [0.1, 0.15) is 43.7 Å². The third-order valence-corrected chi connectivity index (χ3v) is 4.42. The normalized spacial score (nSPS) is 11.0. The number of carbonyl (C=O) groups is 2. The third-order valence-electron chi connectivity index (χ3n) is 3.61. The van der Waals surface area contributed by atoms with Gasteiger partial charge in [-0.2, -0.15) is 0 Å². The molecule has 0 saturated heterocycles. The van der Waals surface area contributed by atoms with Crippen molar-refractivity contribution in [2.24, 2.45) is 0 Å². The molecule has 0 saturated carbocycles. The van der Waals surface area contributed by atoms with E-state index in [0.717, 1.165) is 0 Å². The topological polar surface area (TPSA) is 62.3 Å². The maximum Gasteiger partial charge on any atom is 0.257 e. The second kappa shape index (κ2) is 8.20. The van der Waals surface area contributed by atoms with Gasteiger partial charge in [-0.3, -0.25) is 14.9 Å². The van der Waals surface area contributed by atoms with E-state index in [1.165, 1.54) is 35.6 Å². The summed E-state index contributed by atoms with van der Waals surface area (Å²) in [5.41, 5.74) is 0.968. The molecule has 1 heterocycles. The lowest BCUT2D eigenvalue weighted by Crippen LogP contribution is -2.42. The average Bonchev–Trinajstić information content (AvgIpc) is 2.93. The average molecular weight is 363 g/mol. The lowest BCUT2D eigenvalue weighted by Gasteiger charge is -2.30. The SMILES string of the molecule is CC(C)N(C(=O)Cc1csc(NC(=O)c2ccc(F)cc2)n1)C(C)C. The molecule has 5 nitrogen and oxygen atoms in total. The van der Waals surface area contributed by atoms with Crippen LogP contribution in [0, 0.1) is 5.82 Å². The smallest absolute Gasteiger partial charge is 0.257 e. The number of nitrogens with one attached hydrogen (secondary N) is 1. The first kappa shape index (κ1) is 19.1. The van der Waals surface area contributed by atoms with Crippen LogP contribution in [0.3, 0.4) is 0 Å². The Bertz CT molecular complexity index is 733. The zero-order valence-electron chi connectivity index (χ0n) is 14.7. The molecule has 2 amide bonds. The van der Waals surface area contributed by atoms with Gasteiger partial charge in [0.25, 0.3) is 5.91 Å². The van der Waals surface area contributed by atoms with Gasteiger partial charge in [0.1, 0.15) is 5.82 Å². The number of carbonyl (C=O) groups excluding carboxylic acids is 2. The molecule has 2 rings (SSSR count). The third kappa shape index (κ3) is 5.09. The molecule has 0 aliphatic rings. The van der Waals surface area contributed by atoms with Crippen LogP contribution >= 0.6 is 11.3 Å². The van der Waals surface area contributed by atoms with Crippen molar-refractivity contribution in [2.45, 2.75) is 46.2 Å². The molecule has 1 aromatic carbocycles. The molecule has 1 N–H and O–H groups in total. The number of halogens is 1. The van der Waals surface area contributed by atoms with Crippen LogP contribution in [0.15, 0.2) is 29.6 Å². The van der Waals surface area contributed by atoms with Gasteiger partial charge < -0.3 is 4.90 Å². The first-order valence-corrected chi connectivity index (χ1v) is 8.98. The highest BCUT2D eigenvalue weighted by Gasteiger charge is 2.21. The fourth-order valence-electron chi connectivity index (χ4n) is 2.63. The number of benzene rings is 1. The van der Waals surface area contributed by atoms with E-state index >= 15 is 0 Å². The van der Waals surface area contributed by atoms with Crippen LogP contribution in [0.2, 0.25) is 0 Å². The summed E-state index contributed by atoms with van der Waals surface area (Å²) in [7, 11) is 0. The first-order valence-electron chi connectivity index (χ1n) is 8.10. The Hall–Kier alpha value is -2.28. The zero-order chi connectivity index (χ0) is 18.6. The summed E-state index contributed by atoms with van der Waals surface area (Å²) in [5.74, 6) is -0.753. The van der Waals surface area contributed by atoms with Crippen molar-refractivity contribution in [3.8, 4) is 0 Å². The molecule has 0 fully saturated rings. The Kier molecular flexibility index (Phi) is 6.25. The van der Waals surface area contributed by atoms with E-state index < -0.39 is 5.82 Å². The number of anilines is 1. The Morgan fingerprint density at radius 1 is 1.16 bits per heavy atom. The van der Waals surface area contributed by atoms with Crippen molar-refractivity contribution >= 4 is 28.3 Å². The quantitative estimate of drug-likeness (QED) is 0.851. The largest absolute Gasteiger partial charge is 0.338 e. The van der Waals surface area contributed by atoms with Crippen molar-refractivity contribution < 1.29 is 14.0 Å². The summed E-state index contributed by atoms with van der Waals surface area (Å²) in [6, 6.07) is 5.51. The highest BCUT2D eigenvalue weighted by atomic mass is 32.1. The van der Waals surface area contributed by atoms with Crippen molar-refractivity contribution in [3.05, 3.63) is 46.7 Å². The summed E-state index contributed by atoms with van der Waals surface area (Å²) in [6.07, 6.45) is 0.194. The van der Waals surface area contributed by atoms with Crippen LogP contribution in [0.4, 0.5) is 9.52 Å². The molecule has 2 aromatic rings. The van der Waals surface area contributed by atoms with Crippen molar-refractivity contribution in [1.29, 1.82) is 0 Å². The van der Waals surface area contributed by atoms with E-state index in [4.69, 9.17) is 0 Å². The summed E-state index contributed by atoms with van der Waals surface area (Å²) < 4.78 is 12.9. The zero-order valence-corrected chi connectivity index (χ0v) is 15.6. The minimum Gasteiger partial charge on any atom is -0.338 e. The minimum atomic E-state index is -0.397. The van der Waals surface area contributed by atoms with Gasteiger partial charge in [-0.25, -0.2) is 9.37 Å². The summed E-state index contributed by atoms with van der Waals surface area (Å²) >= 11 is 1.26. The van der Waals surface area contributed by atoms with Gasteiger partial charge in [-0.15, -0.1) is 11.3 Å². The van der Waals surface area contributed by atoms with Crippen LogP contribution in [0.25, 0.3) is 0 Å². The molecule has 0 spiro atoms. The van der Waals surface area contributed by atoms with Gasteiger partial charge in [-0.1, -0.05) is 0 Å². The molecule has 0 atom stereocenters. The van der Waals surface area contributed by atoms with Crippen molar-refractivity contribution in [3.63, 3.8) is 0 Å². The van der Waals surface area contributed by atoms with E-state index in [9.17, 15) is 14.0 Å². The highest BCUT2D eigenvalue weighted by molar-refractivity contribution is 7.14. The minimum absolute atomic E-state index is 0.00621. The number of aromatic nitrogens is 1. The molecule has 0 bridgehead atoms. The second-order valence-corrected chi connectivity index (χ2v) is 7.13. The van der Waals surface area contributed by atoms with E-state index in [1.54, 1.807) is 5.38 Å². The summed E-state index contributed by atoms with van der Waals surface area (Å²) in [6.45, 7) is 7.92. The lowest BCUT2D eigenvalue weighted by atomic mass is 10.2.